The summed E-state index contributed by atoms with van der Waals surface area (Å²) in [6.45, 7) is -0.941. The first-order valence-electron chi connectivity index (χ1n) is 6.41. The van der Waals surface area contributed by atoms with E-state index in [1.54, 1.807) is 0 Å². The fraction of sp³-hybridized carbons (Fsp3) is 0.727. The molecule has 0 radical (unpaired) electrons. The molecule has 0 aromatic rings. The highest BCUT2D eigenvalue weighted by Gasteiger charge is 2.36. The molecule has 1 amide bonds. The number of primary amides is 1. The van der Waals surface area contributed by atoms with Crippen LogP contribution in [0.4, 0.5) is 0 Å². The van der Waals surface area contributed by atoms with Crippen LogP contribution in [-0.4, -0.2) is 80.4 Å². The van der Waals surface area contributed by atoms with Crippen LogP contribution in [0.15, 0.2) is 0 Å². The Balaban J connectivity index is 4.37. The first-order chi connectivity index (χ1) is 10.6. The maximum absolute atomic E-state index is 11.3. The van der Waals surface area contributed by atoms with Crippen LogP contribution in [0.2, 0.25) is 0 Å². The Morgan fingerprint density at radius 3 is 1.96 bits per heavy atom. The third-order valence-corrected chi connectivity index (χ3v) is 2.71. The van der Waals surface area contributed by atoms with Crippen LogP contribution in [0.25, 0.3) is 0 Å². The number of hydrogen-bond acceptors (Lipinski definition) is 11. The lowest BCUT2D eigenvalue weighted by Gasteiger charge is -2.23. The van der Waals surface area contributed by atoms with Crippen molar-refractivity contribution in [2.75, 3.05) is 6.61 Å². The minimum absolute atomic E-state index is 0.168. The van der Waals surface area contributed by atoms with Gasteiger partial charge in [0.25, 0.3) is 0 Å². The van der Waals surface area contributed by atoms with Crippen LogP contribution < -0.4 is 11.5 Å². The molecule has 5 atom stereocenters. The quantitative estimate of drug-likeness (QED) is 0.155. The molecule has 9 N–H and O–H groups in total. The lowest BCUT2D eigenvalue weighted by Crippen LogP contribution is -2.49. The zero-order chi connectivity index (χ0) is 18.2. The number of amides is 1. The van der Waals surface area contributed by atoms with Gasteiger partial charge in [-0.25, -0.2) is 19.4 Å². The number of aliphatic hydroxyl groups is 5. The largest absolute Gasteiger partial charge is 0.394 e. The van der Waals surface area contributed by atoms with Crippen LogP contribution in [0, 0.1) is 0 Å². The predicted molar refractivity (Wildman–Crippen MR) is 69.7 cm³/mol. The molecule has 0 bridgehead atoms. The number of hydrogen-bond donors (Lipinski definition) is 7. The molecule has 0 saturated heterocycles. The summed E-state index contributed by atoms with van der Waals surface area (Å²) in [7, 11) is 0. The van der Waals surface area contributed by atoms with E-state index in [0.29, 0.717) is 0 Å². The Morgan fingerprint density at radius 2 is 1.48 bits per heavy atom. The number of nitrogens with two attached hydrogens (primary N) is 2. The van der Waals surface area contributed by atoms with Crippen molar-refractivity contribution >= 4 is 17.8 Å². The summed E-state index contributed by atoms with van der Waals surface area (Å²) >= 11 is 0. The average Bonchev–Trinajstić information content (AvgIpc) is 2.53. The number of carbonyl (C=O) groups is 3. The van der Waals surface area contributed by atoms with Crippen LogP contribution in [0.5, 0.6) is 0 Å². The van der Waals surface area contributed by atoms with Gasteiger partial charge in [-0.1, -0.05) is 0 Å². The van der Waals surface area contributed by atoms with Crippen LogP contribution >= 0.6 is 0 Å². The van der Waals surface area contributed by atoms with Crippen molar-refractivity contribution in [2.24, 2.45) is 11.5 Å². The van der Waals surface area contributed by atoms with Crippen molar-refractivity contribution in [3.05, 3.63) is 0 Å². The smallest absolute Gasteiger partial charge is 0.386 e. The SMILES string of the molecule is NC(=O)CC[C@H](N)C(=O)OOC(=O)C(O)C(O)C(O)C(O)CO. The van der Waals surface area contributed by atoms with Gasteiger partial charge in [-0.15, -0.1) is 0 Å². The summed E-state index contributed by atoms with van der Waals surface area (Å²) in [5.74, 6) is -3.60. The van der Waals surface area contributed by atoms with E-state index in [1.165, 1.54) is 0 Å². The summed E-state index contributed by atoms with van der Waals surface area (Å²) in [5, 5.41) is 45.7. The highest BCUT2D eigenvalue weighted by atomic mass is 17.2. The zero-order valence-electron chi connectivity index (χ0n) is 11.9. The number of rotatable bonds is 9. The van der Waals surface area contributed by atoms with E-state index in [-0.39, 0.29) is 12.8 Å². The molecule has 0 aliphatic carbocycles. The fourth-order valence-corrected chi connectivity index (χ4v) is 1.27. The van der Waals surface area contributed by atoms with Crippen LogP contribution in [0.1, 0.15) is 12.8 Å². The van der Waals surface area contributed by atoms with Crippen molar-refractivity contribution in [2.45, 2.75) is 43.3 Å². The molecule has 0 aliphatic rings. The van der Waals surface area contributed by atoms with E-state index < -0.39 is 54.9 Å². The van der Waals surface area contributed by atoms with Gasteiger partial charge in [-0.2, -0.15) is 0 Å². The molecule has 12 nitrogen and oxygen atoms in total. The zero-order valence-corrected chi connectivity index (χ0v) is 11.9. The molecule has 0 aliphatic heterocycles. The normalized spacial score (nSPS) is 17.5. The number of aliphatic hydroxyl groups excluding tert-OH is 5. The third-order valence-electron chi connectivity index (χ3n) is 2.71. The molecular formula is C11H20N2O10. The maximum Gasteiger partial charge on any atom is 0.386 e. The Kier molecular flexibility index (Phi) is 9.24. The molecule has 0 spiro atoms. The van der Waals surface area contributed by atoms with Gasteiger partial charge in [0.2, 0.25) is 5.91 Å². The van der Waals surface area contributed by atoms with Gasteiger partial charge in [0, 0.05) is 6.42 Å². The molecule has 23 heavy (non-hydrogen) atoms. The molecule has 0 aromatic carbocycles. The Labute approximate surface area is 130 Å². The van der Waals surface area contributed by atoms with Crippen molar-refractivity contribution in [3.8, 4) is 0 Å². The summed E-state index contributed by atoms with van der Waals surface area (Å²) in [4.78, 5) is 41.1. The Hall–Kier alpha value is -1.83. The van der Waals surface area contributed by atoms with E-state index in [9.17, 15) is 29.7 Å². The molecule has 0 rings (SSSR count). The molecule has 134 valence electrons. The second-order valence-electron chi connectivity index (χ2n) is 4.59. The highest BCUT2D eigenvalue weighted by Crippen LogP contribution is 2.07. The Morgan fingerprint density at radius 1 is 0.957 bits per heavy atom. The number of carbonyl (C=O) groups excluding carboxylic acids is 3. The second-order valence-corrected chi connectivity index (χ2v) is 4.59. The van der Waals surface area contributed by atoms with Crippen molar-refractivity contribution in [3.63, 3.8) is 0 Å². The predicted octanol–water partition coefficient (Wildman–Crippen LogP) is -4.98. The minimum Gasteiger partial charge on any atom is -0.394 e. The minimum atomic E-state index is -2.37. The van der Waals surface area contributed by atoms with E-state index in [0.717, 1.165) is 0 Å². The van der Waals surface area contributed by atoms with Gasteiger partial charge in [0.15, 0.2) is 6.10 Å². The van der Waals surface area contributed by atoms with Crippen LogP contribution in [0.3, 0.4) is 0 Å². The lowest BCUT2D eigenvalue weighted by molar-refractivity contribution is -0.269. The van der Waals surface area contributed by atoms with Gasteiger partial charge in [-0.3, -0.25) is 4.79 Å². The highest BCUT2D eigenvalue weighted by molar-refractivity contribution is 5.79. The lowest BCUT2D eigenvalue weighted by atomic mass is 10.0. The molecule has 0 heterocycles. The topological polar surface area (TPSA) is 223 Å². The summed E-state index contributed by atoms with van der Waals surface area (Å²) < 4.78 is 0. The van der Waals surface area contributed by atoms with Gasteiger partial charge in [0.1, 0.15) is 24.4 Å². The van der Waals surface area contributed by atoms with Crippen molar-refractivity contribution in [1.82, 2.24) is 0 Å². The monoisotopic (exact) mass is 340 g/mol. The molecule has 12 heteroatoms. The van der Waals surface area contributed by atoms with E-state index in [1.807, 2.05) is 0 Å². The molecule has 0 fully saturated rings. The van der Waals surface area contributed by atoms with E-state index in [4.69, 9.17) is 21.7 Å². The molecule has 0 saturated carbocycles. The average molecular weight is 340 g/mol. The Bertz CT molecular complexity index is 418. The van der Waals surface area contributed by atoms with Crippen LogP contribution in [-0.2, 0) is 24.2 Å². The first kappa shape index (κ1) is 21.2. The van der Waals surface area contributed by atoms with Gasteiger partial charge >= 0.3 is 11.9 Å². The standard InChI is InChI=1S/C11H20N2O10/c12-4(1-2-6(13)16)10(20)22-23-11(21)9(19)8(18)7(17)5(15)3-14/h4-5,7-9,14-15,17-19H,1-3,12H2,(H2,13,16)/t4-,5?,7?,8?,9?/m0/s1. The summed E-state index contributed by atoms with van der Waals surface area (Å²) in [6.07, 6.45) is -8.85. The van der Waals surface area contributed by atoms with E-state index >= 15 is 0 Å². The molecule has 0 aromatic heterocycles. The summed E-state index contributed by atoms with van der Waals surface area (Å²) in [5.41, 5.74) is 10.2. The molecule has 4 unspecified atom stereocenters. The van der Waals surface area contributed by atoms with Gasteiger partial charge in [0.05, 0.1) is 6.61 Å². The van der Waals surface area contributed by atoms with Gasteiger partial charge < -0.3 is 37.0 Å². The maximum atomic E-state index is 11.3. The third kappa shape index (κ3) is 7.32. The van der Waals surface area contributed by atoms with Crippen molar-refractivity contribution in [1.29, 1.82) is 0 Å². The second kappa shape index (κ2) is 10.0. The van der Waals surface area contributed by atoms with Gasteiger partial charge in [-0.05, 0) is 6.42 Å². The van der Waals surface area contributed by atoms with E-state index in [2.05, 4.69) is 9.78 Å². The fourth-order valence-electron chi connectivity index (χ4n) is 1.27. The van der Waals surface area contributed by atoms with Crippen molar-refractivity contribution < 1.29 is 49.7 Å². The first-order valence-corrected chi connectivity index (χ1v) is 6.41. The molecular weight excluding hydrogens is 320 g/mol. The summed E-state index contributed by atoms with van der Waals surface area (Å²) in [6, 6.07) is -1.32.